The number of aliphatic imine (C=N–C) groups is 1. The number of rotatable bonds is 6. The highest BCUT2D eigenvalue weighted by Gasteiger charge is 2.40. The Balaban J connectivity index is 1.20. The molecule has 0 radical (unpaired) electrons. The van der Waals surface area contributed by atoms with Crippen LogP contribution in [0.25, 0.3) is 0 Å². The third kappa shape index (κ3) is 4.72. The van der Waals surface area contributed by atoms with E-state index in [0.29, 0.717) is 30.5 Å². The highest BCUT2D eigenvalue weighted by molar-refractivity contribution is 8.16. The van der Waals surface area contributed by atoms with Gasteiger partial charge in [-0.1, -0.05) is 35.5 Å². The molecule has 4 heterocycles. The molecular formula is C25H22ClFN6O2S2. The second kappa shape index (κ2) is 9.71. The first kappa shape index (κ1) is 24.4. The molecule has 12 heteroatoms. The van der Waals surface area contributed by atoms with Crippen LogP contribution < -0.4 is 5.32 Å². The first-order valence-corrected chi connectivity index (χ1v) is 14.4. The number of hydrogen-bond acceptors (Lipinski definition) is 8. The Hall–Kier alpha value is -2.99. The SMILES string of the molecule is O=S(=O)(c1ccc(Cl)cc1)N1CC[C@@H](Nc2nccc(C3C(c4ccc(F)cc4)N=C4SC=CN43)n2)C1. The predicted molar refractivity (Wildman–Crippen MR) is 142 cm³/mol. The second-order valence-corrected chi connectivity index (χ2v) is 12.2. The van der Waals surface area contributed by atoms with Crippen molar-refractivity contribution in [2.75, 3.05) is 18.4 Å². The Bertz CT molecular complexity index is 1480. The number of thioether (sulfide) groups is 1. The molecule has 1 N–H and O–H groups in total. The zero-order chi connectivity index (χ0) is 25.6. The van der Waals surface area contributed by atoms with Gasteiger partial charge in [0.1, 0.15) is 17.9 Å². The number of nitrogens with zero attached hydrogens (tertiary/aromatic N) is 5. The van der Waals surface area contributed by atoms with Gasteiger partial charge in [0, 0.05) is 36.6 Å². The van der Waals surface area contributed by atoms with Gasteiger partial charge >= 0.3 is 0 Å². The van der Waals surface area contributed by atoms with Gasteiger partial charge in [0.15, 0.2) is 5.17 Å². The number of anilines is 1. The minimum atomic E-state index is -3.62. The summed E-state index contributed by atoms with van der Waals surface area (Å²) in [6.45, 7) is 0.698. The molecule has 3 aliphatic heterocycles. The predicted octanol–water partition coefficient (Wildman–Crippen LogP) is 4.82. The van der Waals surface area contributed by atoms with Crippen molar-refractivity contribution in [1.29, 1.82) is 0 Å². The zero-order valence-electron chi connectivity index (χ0n) is 19.4. The van der Waals surface area contributed by atoms with Crippen LogP contribution in [0.1, 0.15) is 29.8 Å². The summed E-state index contributed by atoms with van der Waals surface area (Å²) in [6.07, 6.45) is 4.29. The van der Waals surface area contributed by atoms with Gasteiger partial charge in [-0.05, 0) is 59.9 Å². The Morgan fingerprint density at radius 1 is 1.08 bits per heavy atom. The molecule has 2 aromatic carbocycles. The van der Waals surface area contributed by atoms with Crippen LogP contribution in [-0.4, -0.2) is 51.9 Å². The molecule has 0 saturated carbocycles. The van der Waals surface area contributed by atoms with Crippen LogP contribution in [0.3, 0.4) is 0 Å². The van der Waals surface area contributed by atoms with Gasteiger partial charge in [-0.25, -0.2) is 22.8 Å². The maximum absolute atomic E-state index is 13.5. The monoisotopic (exact) mass is 556 g/mol. The minimum Gasteiger partial charge on any atom is -0.350 e. The molecule has 3 aliphatic rings. The zero-order valence-corrected chi connectivity index (χ0v) is 21.8. The highest BCUT2D eigenvalue weighted by Crippen LogP contribution is 2.46. The Morgan fingerprint density at radius 3 is 2.65 bits per heavy atom. The fraction of sp³-hybridized carbons (Fsp3) is 0.240. The molecule has 6 rings (SSSR count). The number of nitrogens with one attached hydrogen (secondary N) is 1. The van der Waals surface area contributed by atoms with Crippen molar-refractivity contribution in [3.8, 4) is 0 Å². The maximum Gasteiger partial charge on any atom is 0.243 e. The topological polar surface area (TPSA) is 90.8 Å². The summed E-state index contributed by atoms with van der Waals surface area (Å²) in [5.74, 6) is 0.133. The maximum atomic E-state index is 13.5. The molecule has 37 heavy (non-hydrogen) atoms. The average molecular weight is 557 g/mol. The van der Waals surface area contributed by atoms with Crippen molar-refractivity contribution in [3.63, 3.8) is 0 Å². The molecule has 1 aromatic heterocycles. The lowest BCUT2D eigenvalue weighted by atomic mass is 9.97. The lowest BCUT2D eigenvalue weighted by Crippen LogP contribution is -2.32. The Kier molecular flexibility index (Phi) is 6.39. The Morgan fingerprint density at radius 2 is 1.86 bits per heavy atom. The van der Waals surface area contributed by atoms with E-state index in [-0.39, 0.29) is 28.8 Å². The molecular weight excluding hydrogens is 535 g/mol. The Labute approximate surface area is 223 Å². The van der Waals surface area contributed by atoms with Crippen molar-refractivity contribution >= 4 is 44.5 Å². The van der Waals surface area contributed by atoms with Crippen molar-refractivity contribution in [1.82, 2.24) is 19.2 Å². The van der Waals surface area contributed by atoms with Crippen LogP contribution in [0.2, 0.25) is 5.02 Å². The van der Waals surface area contributed by atoms with Crippen LogP contribution >= 0.6 is 23.4 Å². The summed E-state index contributed by atoms with van der Waals surface area (Å²) < 4.78 is 41.1. The quantitative estimate of drug-likeness (QED) is 0.465. The van der Waals surface area contributed by atoms with Gasteiger partial charge in [0.25, 0.3) is 0 Å². The summed E-state index contributed by atoms with van der Waals surface area (Å²) >= 11 is 7.45. The van der Waals surface area contributed by atoms with Gasteiger partial charge in [-0.2, -0.15) is 4.31 Å². The molecule has 1 saturated heterocycles. The van der Waals surface area contributed by atoms with Crippen LogP contribution in [0.5, 0.6) is 0 Å². The standard InChI is InChI=1S/C25H22ClFN6O2S2/c26-17-3-7-20(8-4-17)37(34,35)32-12-10-19(15-32)29-24-28-11-9-21(30-24)23-22(16-1-5-18(27)6-2-16)31-25-33(23)13-14-36-25/h1-9,11,13-14,19,22-23H,10,12,15H2,(H,28,29,30)/t19-,22?,23?/m1/s1. The first-order chi connectivity index (χ1) is 17.9. The number of hydrogen-bond donors (Lipinski definition) is 1. The largest absolute Gasteiger partial charge is 0.350 e. The summed E-state index contributed by atoms with van der Waals surface area (Å²) in [4.78, 5) is 16.3. The lowest BCUT2D eigenvalue weighted by Gasteiger charge is -2.25. The molecule has 0 aliphatic carbocycles. The van der Waals surface area contributed by atoms with Crippen molar-refractivity contribution < 1.29 is 12.8 Å². The van der Waals surface area contributed by atoms with Gasteiger partial charge < -0.3 is 10.2 Å². The van der Waals surface area contributed by atoms with E-state index >= 15 is 0 Å². The summed E-state index contributed by atoms with van der Waals surface area (Å²) in [6, 6.07) is 13.8. The molecule has 3 aromatic rings. The molecule has 8 nitrogen and oxygen atoms in total. The number of aromatic nitrogens is 2. The third-order valence-electron chi connectivity index (χ3n) is 6.59. The molecule has 0 amide bonds. The van der Waals surface area contributed by atoms with E-state index in [4.69, 9.17) is 21.6 Å². The molecule has 2 unspecified atom stereocenters. The summed E-state index contributed by atoms with van der Waals surface area (Å²) in [5.41, 5.74) is 1.66. The summed E-state index contributed by atoms with van der Waals surface area (Å²) in [5, 5.41) is 6.64. The fourth-order valence-electron chi connectivity index (χ4n) is 4.76. The van der Waals surface area contributed by atoms with Gasteiger partial charge in [-0.15, -0.1) is 0 Å². The normalized spacial score (nSPS) is 23.4. The number of benzene rings is 2. The van der Waals surface area contributed by atoms with Gasteiger partial charge in [0.2, 0.25) is 16.0 Å². The second-order valence-electron chi connectivity index (χ2n) is 8.92. The van der Waals surface area contributed by atoms with Crippen LogP contribution in [0, 0.1) is 5.82 Å². The van der Waals surface area contributed by atoms with E-state index in [9.17, 15) is 12.8 Å². The number of sulfonamides is 1. The molecule has 190 valence electrons. The van der Waals surface area contributed by atoms with Gasteiger partial charge in [-0.3, -0.25) is 4.99 Å². The molecule has 1 fully saturated rings. The van der Waals surface area contributed by atoms with Crippen LogP contribution in [-0.2, 0) is 10.0 Å². The van der Waals surface area contributed by atoms with E-state index in [0.717, 1.165) is 16.4 Å². The van der Waals surface area contributed by atoms with Crippen molar-refractivity contribution in [2.45, 2.75) is 29.4 Å². The number of halogens is 2. The van der Waals surface area contributed by atoms with Crippen molar-refractivity contribution in [2.24, 2.45) is 4.99 Å². The van der Waals surface area contributed by atoms with Crippen LogP contribution in [0.15, 0.2) is 82.3 Å². The number of fused-ring (bicyclic) bond motifs is 1. The highest BCUT2D eigenvalue weighted by atomic mass is 35.5. The van der Waals surface area contributed by atoms with Crippen molar-refractivity contribution in [3.05, 3.63) is 94.5 Å². The molecule has 0 bridgehead atoms. The average Bonchev–Trinajstić information content (AvgIpc) is 3.62. The number of amidine groups is 1. The van der Waals surface area contributed by atoms with E-state index < -0.39 is 10.0 Å². The van der Waals surface area contributed by atoms with E-state index in [1.807, 2.05) is 17.7 Å². The smallest absolute Gasteiger partial charge is 0.243 e. The van der Waals surface area contributed by atoms with E-state index in [1.54, 1.807) is 30.5 Å². The molecule has 0 spiro atoms. The fourth-order valence-corrected chi connectivity index (χ4v) is 7.17. The third-order valence-corrected chi connectivity index (χ3v) is 9.51. The van der Waals surface area contributed by atoms with Crippen LogP contribution in [0.4, 0.5) is 10.3 Å². The minimum absolute atomic E-state index is 0.136. The first-order valence-electron chi connectivity index (χ1n) is 11.7. The lowest BCUT2D eigenvalue weighted by molar-refractivity contribution is 0.392. The van der Waals surface area contributed by atoms with Gasteiger partial charge in [0.05, 0.1) is 10.6 Å². The van der Waals surface area contributed by atoms with E-state index in [2.05, 4.69) is 15.2 Å². The molecule has 3 atom stereocenters. The van der Waals surface area contributed by atoms with E-state index in [1.165, 1.54) is 40.3 Å². The summed E-state index contributed by atoms with van der Waals surface area (Å²) in [7, 11) is -3.62.